The first-order valence-corrected chi connectivity index (χ1v) is 5.62. The van der Waals surface area contributed by atoms with Crippen LogP contribution >= 0.6 is 0 Å². The Kier molecular flexibility index (Phi) is 2.21. The molecular formula is C13H13N3O. The summed E-state index contributed by atoms with van der Waals surface area (Å²) in [5.41, 5.74) is 4.58. The van der Waals surface area contributed by atoms with E-state index in [9.17, 15) is 0 Å². The number of nitrogens with zero attached hydrogens (tertiary/aromatic N) is 3. The third-order valence-electron chi connectivity index (χ3n) is 3.15. The summed E-state index contributed by atoms with van der Waals surface area (Å²) in [5.74, 6) is 0. The smallest absolute Gasteiger partial charge is 0.158 e. The van der Waals surface area contributed by atoms with Gasteiger partial charge in [0.05, 0.1) is 5.69 Å². The number of anilines is 1. The molecule has 0 amide bonds. The molecule has 1 aliphatic rings. The summed E-state index contributed by atoms with van der Waals surface area (Å²) in [7, 11) is 0. The van der Waals surface area contributed by atoms with Crippen molar-refractivity contribution in [3.63, 3.8) is 0 Å². The predicted octanol–water partition coefficient (Wildman–Crippen LogP) is 2.63. The molecule has 1 aromatic carbocycles. The van der Waals surface area contributed by atoms with Gasteiger partial charge < -0.3 is 4.90 Å². The van der Waals surface area contributed by atoms with E-state index in [0.29, 0.717) is 0 Å². The summed E-state index contributed by atoms with van der Waals surface area (Å²) in [6, 6.07) is 4.01. The van der Waals surface area contributed by atoms with Gasteiger partial charge in [0.15, 0.2) is 5.52 Å². The van der Waals surface area contributed by atoms with Crippen molar-refractivity contribution in [3.05, 3.63) is 36.9 Å². The van der Waals surface area contributed by atoms with Crippen molar-refractivity contribution >= 4 is 22.3 Å². The Balaban J connectivity index is 2.19. The first kappa shape index (κ1) is 10.1. The van der Waals surface area contributed by atoms with Gasteiger partial charge in [0.25, 0.3) is 0 Å². The average molecular weight is 227 g/mol. The van der Waals surface area contributed by atoms with Crippen molar-refractivity contribution in [2.24, 2.45) is 0 Å². The number of hydrogen-bond acceptors (Lipinski definition) is 4. The lowest BCUT2D eigenvalue weighted by Crippen LogP contribution is -2.37. The standard InChI is InChI=1S/C13H13N3O/c1-3-9(2)10-7-11-13(15-17-14-11)12(8-10)16-5-4-6-16/h3,7-8H,1-2,4-6H2. The quantitative estimate of drug-likeness (QED) is 0.756. The molecule has 1 fully saturated rings. The lowest BCUT2D eigenvalue weighted by molar-refractivity contribution is 0.315. The van der Waals surface area contributed by atoms with E-state index in [-0.39, 0.29) is 0 Å². The molecule has 17 heavy (non-hydrogen) atoms. The van der Waals surface area contributed by atoms with E-state index in [1.807, 2.05) is 6.07 Å². The Morgan fingerprint density at radius 1 is 1.35 bits per heavy atom. The Labute approximate surface area is 99.2 Å². The molecule has 0 atom stereocenters. The van der Waals surface area contributed by atoms with Crippen LogP contribution < -0.4 is 4.90 Å². The van der Waals surface area contributed by atoms with E-state index in [1.165, 1.54) is 6.42 Å². The topological polar surface area (TPSA) is 42.2 Å². The molecule has 4 nitrogen and oxygen atoms in total. The third kappa shape index (κ3) is 1.53. The number of benzene rings is 1. The van der Waals surface area contributed by atoms with Gasteiger partial charge in [0, 0.05) is 13.1 Å². The van der Waals surface area contributed by atoms with Crippen molar-refractivity contribution in [2.45, 2.75) is 6.42 Å². The van der Waals surface area contributed by atoms with Crippen LogP contribution in [-0.4, -0.2) is 23.4 Å². The van der Waals surface area contributed by atoms with Gasteiger partial charge in [-0.15, -0.1) is 0 Å². The third-order valence-corrected chi connectivity index (χ3v) is 3.15. The second-order valence-corrected chi connectivity index (χ2v) is 4.20. The molecule has 1 saturated heterocycles. The normalized spacial score (nSPS) is 14.7. The average Bonchev–Trinajstić information content (AvgIpc) is 2.73. The molecule has 0 saturated carbocycles. The monoisotopic (exact) mass is 227 g/mol. The van der Waals surface area contributed by atoms with E-state index in [2.05, 4.69) is 34.4 Å². The van der Waals surface area contributed by atoms with Crippen LogP contribution in [0.5, 0.6) is 0 Å². The van der Waals surface area contributed by atoms with Gasteiger partial charge in [0.2, 0.25) is 0 Å². The van der Waals surface area contributed by atoms with Crippen molar-refractivity contribution in [1.29, 1.82) is 0 Å². The minimum absolute atomic E-state index is 0.771. The number of fused-ring (bicyclic) bond motifs is 1. The molecule has 2 aromatic rings. The first-order valence-electron chi connectivity index (χ1n) is 5.62. The molecule has 4 heteroatoms. The SMILES string of the molecule is C=CC(=C)c1cc(N2CCC2)c2nonc2c1. The molecule has 0 N–H and O–H groups in total. The highest BCUT2D eigenvalue weighted by Gasteiger charge is 2.20. The van der Waals surface area contributed by atoms with Crippen molar-refractivity contribution in [3.8, 4) is 0 Å². The van der Waals surface area contributed by atoms with Gasteiger partial charge in [-0.05, 0) is 40.0 Å². The summed E-state index contributed by atoms with van der Waals surface area (Å²) in [6.07, 6.45) is 2.97. The maximum absolute atomic E-state index is 4.81. The molecule has 1 aromatic heterocycles. The zero-order chi connectivity index (χ0) is 11.8. The minimum atomic E-state index is 0.771. The fourth-order valence-corrected chi connectivity index (χ4v) is 1.97. The summed E-state index contributed by atoms with van der Waals surface area (Å²) in [4.78, 5) is 2.27. The minimum Gasteiger partial charge on any atom is -0.369 e. The van der Waals surface area contributed by atoms with Crippen LogP contribution in [0.4, 0.5) is 5.69 Å². The van der Waals surface area contributed by atoms with Crippen molar-refractivity contribution in [2.75, 3.05) is 18.0 Å². The van der Waals surface area contributed by atoms with E-state index in [0.717, 1.165) is 40.9 Å². The molecule has 0 unspecified atom stereocenters. The maximum atomic E-state index is 4.81. The van der Waals surface area contributed by atoms with Gasteiger partial charge in [-0.25, -0.2) is 4.63 Å². The summed E-state index contributed by atoms with van der Waals surface area (Å²) < 4.78 is 4.81. The van der Waals surface area contributed by atoms with Crippen LogP contribution in [0.2, 0.25) is 0 Å². The summed E-state index contributed by atoms with van der Waals surface area (Å²) >= 11 is 0. The number of rotatable bonds is 3. The second-order valence-electron chi connectivity index (χ2n) is 4.20. The molecular weight excluding hydrogens is 214 g/mol. The second kappa shape index (κ2) is 3.73. The van der Waals surface area contributed by atoms with Gasteiger partial charge in [0.1, 0.15) is 5.52 Å². The molecule has 2 heterocycles. The van der Waals surface area contributed by atoms with Gasteiger partial charge in [-0.2, -0.15) is 0 Å². The number of hydrogen-bond donors (Lipinski definition) is 0. The molecule has 0 radical (unpaired) electrons. The zero-order valence-corrected chi connectivity index (χ0v) is 9.52. The van der Waals surface area contributed by atoms with E-state index in [4.69, 9.17) is 4.63 Å². The zero-order valence-electron chi connectivity index (χ0n) is 9.52. The van der Waals surface area contributed by atoms with Crippen LogP contribution in [0.25, 0.3) is 16.6 Å². The van der Waals surface area contributed by atoms with Crippen LogP contribution in [0.1, 0.15) is 12.0 Å². The van der Waals surface area contributed by atoms with Crippen LogP contribution in [0.3, 0.4) is 0 Å². The highest BCUT2D eigenvalue weighted by Crippen LogP contribution is 2.31. The maximum Gasteiger partial charge on any atom is 0.158 e. The Morgan fingerprint density at radius 3 is 2.82 bits per heavy atom. The van der Waals surface area contributed by atoms with Gasteiger partial charge in [-0.3, -0.25) is 0 Å². The molecule has 86 valence electrons. The largest absolute Gasteiger partial charge is 0.369 e. The van der Waals surface area contributed by atoms with Crippen molar-refractivity contribution < 1.29 is 4.63 Å². The van der Waals surface area contributed by atoms with Gasteiger partial charge in [-0.1, -0.05) is 19.2 Å². The van der Waals surface area contributed by atoms with Crippen LogP contribution in [0, 0.1) is 0 Å². The van der Waals surface area contributed by atoms with Crippen LogP contribution in [-0.2, 0) is 0 Å². The Morgan fingerprint density at radius 2 is 2.18 bits per heavy atom. The molecule has 0 bridgehead atoms. The molecule has 0 spiro atoms. The predicted molar refractivity (Wildman–Crippen MR) is 67.9 cm³/mol. The Bertz CT molecular complexity index is 596. The Hall–Kier alpha value is -2.10. The highest BCUT2D eigenvalue weighted by atomic mass is 16.6. The lowest BCUT2D eigenvalue weighted by atomic mass is 10.0. The van der Waals surface area contributed by atoms with Gasteiger partial charge >= 0.3 is 0 Å². The van der Waals surface area contributed by atoms with E-state index >= 15 is 0 Å². The fourth-order valence-electron chi connectivity index (χ4n) is 1.97. The number of allylic oxidation sites excluding steroid dienone is 2. The van der Waals surface area contributed by atoms with E-state index in [1.54, 1.807) is 6.08 Å². The molecule has 1 aliphatic heterocycles. The van der Waals surface area contributed by atoms with E-state index < -0.39 is 0 Å². The summed E-state index contributed by atoms with van der Waals surface area (Å²) in [6.45, 7) is 9.83. The number of aromatic nitrogens is 2. The fraction of sp³-hybridized carbons (Fsp3) is 0.231. The molecule has 3 rings (SSSR count). The van der Waals surface area contributed by atoms with Crippen molar-refractivity contribution in [1.82, 2.24) is 10.3 Å². The van der Waals surface area contributed by atoms with Crippen LogP contribution in [0.15, 0.2) is 36.0 Å². The summed E-state index contributed by atoms with van der Waals surface area (Å²) in [5, 5.41) is 7.87. The first-order chi connectivity index (χ1) is 8.29. The highest BCUT2D eigenvalue weighted by molar-refractivity contribution is 5.92. The lowest BCUT2D eigenvalue weighted by Gasteiger charge is -2.33. The molecule has 0 aliphatic carbocycles.